The number of hydrogen-bond donors (Lipinski definition) is 1. The van der Waals surface area contributed by atoms with Gasteiger partial charge in [-0.3, -0.25) is 4.79 Å². The van der Waals surface area contributed by atoms with Gasteiger partial charge < -0.3 is 5.11 Å². The molecule has 0 saturated carbocycles. The van der Waals surface area contributed by atoms with E-state index in [9.17, 15) is 9.90 Å². The standard InChI is InChI=1S/C18H36O2/c1-4-5-6-7-8-9-10-14-17(18(19)20)15-12-11-13-16(2)3/h16-17H,4-15H2,1-3H3,(H,19,20). The predicted molar refractivity (Wildman–Crippen MR) is 87.0 cm³/mol. The maximum atomic E-state index is 11.2. The molecule has 1 atom stereocenters. The highest BCUT2D eigenvalue weighted by Crippen LogP contribution is 2.19. The first-order valence-corrected chi connectivity index (χ1v) is 8.80. The molecule has 0 rings (SSSR count). The van der Waals surface area contributed by atoms with Crippen LogP contribution in [-0.2, 0) is 4.79 Å². The van der Waals surface area contributed by atoms with Crippen molar-refractivity contribution in [3.8, 4) is 0 Å². The number of carboxylic acids is 1. The van der Waals surface area contributed by atoms with E-state index in [-0.39, 0.29) is 5.92 Å². The molecule has 0 aliphatic carbocycles. The molecule has 0 aliphatic heterocycles. The average Bonchev–Trinajstić information content (AvgIpc) is 2.39. The average molecular weight is 284 g/mol. The van der Waals surface area contributed by atoms with Gasteiger partial charge in [-0.1, -0.05) is 85.0 Å². The van der Waals surface area contributed by atoms with Gasteiger partial charge in [0, 0.05) is 0 Å². The van der Waals surface area contributed by atoms with Crippen molar-refractivity contribution in [2.75, 3.05) is 0 Å². The normalized spacial score (nSPS) is 12.8. The lowest BCUT2D eigenvalue weighted by molar-refractivity contribution is -0.142. The van der Waals surface area contributed by atoms with E-state index < -0.39 is 5.97 Å². The topological polar surface area (TPSA) is 37.3 Å². The van der Waals surface area contributed by atoms with Gasteiger partial charge in [-0.15, -0.1) is 0 Å². The van der Waals surface area contributed by atoms with Gasteiger partial charge in [0.1, 0.15) is 0 Å². The van der Waals surface area contributed by atoms with Crippen LogP contribution in [0.5, 0.6) is 0 Å². The van der Waals surface area contributed by atoms with Crippen LogP contribution in [0.2, 0.25) is 0 Å². The first-order chi connectivity index (χ1) is 9.57. The molecule has 0 aromatic heterocycles. The highest BCUT2D eigenvalue weighted by molar-refractivity contribution is 5.69. The van der Waals surface area contributed by atoms with Crippen LogP contribution in [0.15, 0.2) is 0 Å². The fraction of sp³-hybridized carbons (Fsp3) is 0.944. The molecule has 0 aromatic carbocycles. The van der Waals surface area contributed by atoms with Crippen molar-refractivity contribution in [2.24, 2.45) is 11.8 Å². The van der Waals surface area contributed by atoms with Crippen LogP contribution >= 0.6 is 0 Å². The van der Waals surface area contributed by atoms with Crippen molar-refractivity contribution < 1.29 is 9.90 Å². The second kappa shape index (κ2) is 13.5. The Kier molecular flexibility index (Phi) is 13.1. The summed E-state index contributed by atoms with van der Waals surface area (Å²) in [6, 6.07) is 0. The maximum Gasteiger partial charge on any atom is 0.306 e. The van der Waals surface area contributed by atoms with Crippen LogP contribution in [0.1, 0.15) is 97.8 Å². The van der Waals surface area contributed by atoms with Crippen LogP contribution in [0.25, 0.3) is 0 Å². The van der Waals surface area contributed by atoms with Crippen LogP contribution < -0.4 is 0 Å². The summed E-state index contributed by atoms with van der Waals surface area (Å²) in [5, 5.41) is 9.25. The minimum absolute atomic E-state index is 0.0993. The molecular formula is C18H36O2. The summed E-state index contributed by atoms with van der Waals surface area (Å²) in [5.41, 5.74) is 0. The molecule has 0 aromatic rings. The molecule has 0 bridgehead atoms. The minimum Gasteiger partial charge on any atom is -0.481 e. The highest BCUT2D eigenvalue weighted by atomic mass is 16.4. The zero-order chi connectivity index (χ0) is 15.2. The van der Waals surface area contributed by atoms with Gasteiger partial charge in [0.05, 0.1) is 5.92 Å². The third-order valence-electron chi connectivity index (χ3n) is 4.09. The molecule has 2 heteroatoms. The zero-order valence-electron chi connectivity index (χ0n) is 14.0. The monoisotopic (exact) mass is 284 g/mol. The molecule has 0 heterocycles. The van der Waals surface area contributed by atoms with Crippen molar-refractivity contribution in [1.82, 2.24) is 0 Å². The van der Waals surface area contributed by atoms with Gasteiger partial charge in [-0.05, 0) is 18.8 Å². The molecular weight excluding hydrogens is 248 g/mol. The van der Waals surface area contributed by atoms with Gasteiger partial charge in [-0.2, -0.15) is 0 Å². The molecule has 2 nitrogen and oxygen atoms in total. The summed E-state index contributed by atoms with van der Waals surface area (Å²) in [5.74, 6) is 0.0553. The third-order valence-corrected chi connectivity index (χ3v) is 4.09. The van der Waals surface area contributed by atoms with Crippen LogP contribution in [-0.4, -0.2) is 11.1 Å². The van der Waals surface area contributed by atoms with Crippen molar-refractivity contribution in [1.29, 1.82) is 0 Å². The van der Waals surface area contributed by atoms with E-state index in [1.54, 1.807) is 0 Å². The summed E-state index contributed by atoms with van der Waals surface area (Å²) < 4.78 is 0. The first kappa shape index (κ1) is 19.5. The first-order valence-electron chi connectivity index (χ1n) is 8.80. The van der Waals surface area contributed by atoms with Gasteiger partial charge in [0.2, 0.25) is 0 Å². The number of carboxylic acid groups (broad SMARTS) is 1. The Bertz CT molecular complexity index is 223. The molecule has 0 fully saturated rings. The molecule has 0 radical (unpaired) electrons. The SMILES string of the molecule is CCCCCCCCCC(CCCCC(C)C)C(=O)O. The second-order valence-electron chi connectivity index (χ2n) is 6.62. The van der Waals surface area contributed by atoms with Crippen molar-refractivity contribution in [3.63, 3.8) is 0 Å². The molecule has 0 aliphatic rings. The molecule has 0 spiro atoms. The Morgan fingerprint density at radius 2 is 1.25 bits per heavy atom. The van der Waals surface area contributed by atoms with Crippen molar-refractivity contribution in [3.05, 3.63) is 0 Å². The van der Waals surface area contributed by atoms with E-state index in [1.165, 1.54) is 51.4 Å². The number of rotatable bonds is 14. The maximum absolute atomic E-state index is 11.2. The number of aliphatic carboxylic acids is 1. The molecule has 1 unspecified atom stereocenters. The Labute approximate surface area is 126 Å². The van der Waals surface area contributed by atoms with Gasteiger partial charge >= 0.3 is 5.97 Å². The van der Waals surface area contributed by atoms with Gasteiger partial charge in [-0.25, -0.2) is 0 Å². The fourth-order valence-electron chi connectivity index (χ4n) is 2.68. The molecule has 1 N–H and O–H groups in total. The summed E-state index contributed by atoms with van der Waals surface area (Å²) in [6.07, 6.45) is 14.1. The Balaban J connectivity index is 3.57. The Hall–Kier alpha value is -0.530. The molecule has 20 heavy (non-hydrogen) atoms. The number of carbonyl (C=O) groups is 1. The Morgan fingerprint density at radius 1 is 0.800 bits per heavy atom. The molecule has 120 valence electrons. The molecule has 0 saturated heterocycles. The summed E-state index contributed by atoms with van der Waals surface area (Å²) in [7, 11) is 0. The van der Waals surface area contributed by atoms with E-state index in [0.29, 0.717) is 0 Å². The van der Waals surface area contributed by atoms with Gasteiger partial charge in [0.15, 0.2) is 0 Å². The van der Waals surface area contributed by atoms with E-state index >= 15 is 0 Å². The lowest BCUT2D eigenvalue weighted by Crippen LogP contribution is -2.13. The summed E-state index contributed by atoms with van der Waals surface area (Å²) >= 11 is 0. The predicted octanol–water partition coefficient (Wildman–Crippen LogP) is 6.04. The lowest BCUT2D eigenvalue weighted by atomic mass is 9.93. The van der Waals surface area contributed by atoms with Crippen LogP contribution in [0.4, 0.5) is 0 Å². The summed E-state index contributed by atoms with van der Waals surface area (Å²) in [6.45, 7) is 6.69. The minimum atomic E-state index is -0.583. The van der Waals surface area contributed by atoms with E-state index in [2.05, 4.69) is 20.8 Å². The van der Waals surface area contributed by atoms with E-state index in [4.69, 9.17) is 0 Å². The third kappa shape index (κ3) is 12.5. The highest BCUT2D eigenvalue weighted by Gasteiger charge is 2.16. The van der Waals surface area contributed by atoms with E-state index in [0.717, 1.165) is 31.6 Å². The van der Waals surface area contributed by atoms with Crippen molar-refractivity contribution in [2.45, 2.75) is 97.8 Å². The Morgan fingerprint density at radius 3 is 1.75 bits per heavy atom. The molecule has 0 amide bonds. The zero-order valence-corrected chi connectivity index (χ0v) is 14.0. The second-order valence-corrected chi connectivity index (χ2v) is 6.62. The number of hydrogen-bond acceptors (Lipinski definition) is 1. The lowest BCUT2D eigenvalue weighted by Gasteiger charge is -2.12. The van der Waals surface area contributed by atoms with Crippen LogP contribution in [0.3, 0.4) is 0 Å². The van der Waals surface area contributed by atoms with Crippen molar-refractivity contribution >= 4 is 5.97 Å². The fourth-order valence-corrected chi connectivity index (χ4v) is 2.68. The largest absolute Gasteiger partial charge is 0.481 e. The quantitative estimate of drug-likeness (QED) is 0.394. The number of unbranched alkanes of at least 4 members (excludes halogenated alkanes) is 7. The smallest absolute Gasteiger partial charge is 0.306 e. The van der Waals surface area contributed by atoms with Gasteiger partial charge in [0.25, 0.3) is 0 Å². The van der Waals surface area contributed by atoms with E-state index in [1.807, 2.05) is 0 Å². The summed E-state index contributed by atoms with van der Waals surface area (Å²) in [4.78, 5) is 11.2. The van der Waals surface area contributed by atoms with Crippen LogP contribution in [0, 0.1) is 11.8 Å².